The van der Waals surface area contributed by atoms with Crippen molar-refractivity contribution >= 4 is 38.9 Å². The van der Waals surface area contributed by atoms with Gasteiger partial charge in [0.1, 0.15) is 0 Å². The van der Waals surface area contributed by atoms with Gasteiger partial charge in [-0.3, -0.25) is 0 Å². The highest BCUT2D eigenvalue weighted by molar-refractivity contribution is 6.16. The molecule has 0 fully saturated rings. The van der Waals surface area contributed by atoms with Gasteiger partial charge in [0.05, 0.1) is 16.7 Å². The van der Waals surface area contributed by atoms with Gasteiger partial charge in [-0.1, -0.05) is 170 Å². The van der Waals surface area contributed by atoms with Crippen molar-refractivity contribution in [2.45, 2.75) is 12.3 Å². The van der Waals surface area contributed by atoms with Crippen LogP contribution in [0, 0.1) is 0 Å². The van der Waals surface area contributed by atoms with Crippen molar-refractivity contribution in [3.8, 4) is 39.1 Å². The van der Waals surface area contributed by atoms with Crippen molar-refractivity contribution in [2.75, 3.05) is 4.90 Å². The molecule has 1 unspecified atom stereocenters. The molecule has 11 rings (SSSR count). The van der Waals surface area contributed by atoms with E-state index in [0.717, 1.165) is 22.7 Å². The van der Waals surface area contributed by atoms with Gasteiger partial charge in [-0.05, 0) is 112 Å². The van der Waals surface area contributed by atoms with E-state index in [-0.39, 0.29) is 5.41 Å². The van der Waals surface area contributed by atoms with Gasteiger partial charge in [0.25, 0.3) is 0 Å². The highest BCUT2D eigenvalue weighted by Gasteiger charge is 2.41. The number of rotatable bonds is 7. The second-order valence-electron chi connectivity index (χ2n) is 15.4. The van der Waals surface area contributed by atoms with E-state index in [1.54, 1.807) is 0 Å². The van der Waals surface area contributed by atoms with Gasteiger partial charge in [0.15, 0.2) is 0 Å². The molecule has 1 atom stereocenters. The minimum atomic E-state index is -0.247. The van der Waals surface area contributed by atoms with Crippen LogP contribution in [0.4, 0.5) is 17.1 Å². The van der Waals surface area contributed by atoms with Gasteiger partial charge >= 0.3 is 0 Å². The predicted molar refractivity (Wildman–Crippen MR) is 244 cm³/mol. The Bertz CT molecular complexity index is 3090. The van der Waals surface area contributed by atoms with Crippen LogP contribution in [0.25, 0.3) is 60.9 Å². The van der Waals surface area contributed by atoms with Gasteiger partial charge < -0.3 is 9.47 Å². The monoisotopic (exact) mass is 740 g/mol. The van der Waals surface area contributed by atoms with Crippen molar-refractivity contribution < 1.29 is 0 Å². The lowest BCUT2D eigenvalue weighted by atomic mass is 9.74. The number of anilines is 3. The number of fused-ring (bicyclic) bond motifs is 6. The number of para-hydroxylation sites is 2. The highest BCUT2D eigenvalue weighted by Crippen LogP contribution is 2.55. The topological polar surface area (TPSA) is 8.17 Å². The third kappa shape index (κ3) is 5.26. The highest BCUT2D eigenvalue weighted by atomic mass is 15.1. The molecule has 1 heterocycles. The Morgan fingerprint density at radius 1 is 0.397 bits per heavy atom. The molecule has 0 saturated heterocycles. The van der Waals surface area contributed by atoms with Crippen molar-refractivity contribution in [2.24, 2.45) is 0 Å². The molecule has 1 aliphatic carbocycles. The molecular formula is C56H40N2. The lowest BCUT2D eigenvalue weighted by molar-refractivity contribution is 0.714. The zero-order chi connectivity index (χ0) is 38.6. The first kappa shape index (κ1) is 33.9. The number of aromatic nitrogens is 1. The van der Waals surface area contributed by atoms with Gasteiger partial charge in [-0.2, -0.15) is 0 Å². The van der Waals surface area contributed by atoms with Crippen LogP contribution in [0.2, 0.25) is 0 Å². The molecule has 0 aliphatic heterocycles. The van der Waals surface area contributed by atoms with Crippen LogP contribution in [-0.2, 0) is 5.41 Å². The Labute approximate surface area is 339 Å². The second kappa shape index (κ2) is 13.7. The summed E-state index contributed by atoms with van der Waals surface area (Å²) in [7, 11) is 0. The van der Waals surface area contributed by atoms with E-state index in [4.69, 9.17) is 0 Å². The largest absolute Gasteiger partial charge is 0.310 e. The zero-order valence-corrected chi connectivity index (χ0v) is 32.3. The molecule has 0 bridgehead atoms. The molecule has 58 heavy (non-hydrogen) atoms. The summed E-state index contributed by atoms with van der Waals surface area (Å²) < 4.78 is 2.39. The van der Waals surface area contributed by atoms with Crippen molar-refractivity contribution in [1.29, 1.82) is 0 Å². The molecule has 0 N–H and O–H groups in total. The van der Waals surface area contributed by atoms with E-state index in [1.165, 1.54) is 71.9 Å². The first-order chi connectivity index (χ1) is 28.7. The smallest absolute Gasteiger partial charge is 0.0562 e. The third-order valence-corrected chi connectivity index (χ3v) is 12.3. The summed E-state index contributed by atoms with van der Waals surface area (Å²) in [6.07, 6.45) is 0. The van der Waals surface area contributed by atoms with Gasteiger partial charge in [-0.15, -0.1) is 0 Å². The van der Waals surface area contributed by atoms with Crippen LogP contribution < -0.4 is 4.90 Å². The Morgan fingerprint density at radius 2 is 0.931 bits per heavy atom. The molecule has 9 aromatic carbocycles. The number of hydrogen-bond acceptors (Lipinski definition) is 1. The van der Waals surface area contributed by atoms with Crippen LogP contribution in [0.1, 0.15) is 23.6 Å². The minimum Gasteiger partial charge on any atom is -0.310 e. The Hall–Kier alpha value is -7.42. The quantitative estimate of drug-likeness (QED) is 0.158. The van der Waals surface area contributed by atoms with Crippen molar-refractivity contribution in [1.82, 2.24) is 4.57 Å². The molecular weight excluding hydrogens is 701 g/mol. The lowest BCUT2D eigenvalue weighted by Gasteiger charge is -2.28. The zero-order valence-electron chi connectivity index (χ0n) is 32.3. The summed E-state index contributed by atoms with van der Waals surface area (Å²) >= 11 is 0. The Kier molecular flexibility index (Phi) is 7.97. The Balaban J connectivity index is 1.09. The Morgan fingerprint density at radius 3 is 1.67 bits per heavy atom. The minimum absolute atomic E-state index is 0.247. The van der Waals surface area contributed by atoms with Gasteiger partial charge in [0.2, 0.25) is 0 Å². The van der Waals surface area contributed by atoms with Gasteiger partial charge in [-0.25, -0.2) is 0 Å². The molecule has 0 amide bonds. The first-order valence-electron chi connectivity index (χ1n) is 20.1. The van der Waals surface area contributed by atoms with E-state index in [2.05, 4.69) is 241 Å². The van der Waals surface area contributed by atoms with Crippen molar-refractivity contribution in [3.05, 3.63) is 241 Å². The summed E-state index contributed by atoms with van der Waals surface area (Å²) in [5, 5.41) is 2.44. The summed E-state index contributed by atoms with van der Waals surface area (Å²) in [6, 6.07) is 81.8. The predicted octanol–water partition coefficient (Wildman–Crippen LogP) is 14.9. The molecule has 1 aliphatic rings. The maximum Gasteiger partial charge on any atom is 0.0562 e. The number of benzene rings is 9. The number of hydrogen-bond donors (Lipinski definition) is 0. The summed E-state index contributed by atoms with van der Waals surface area (Å²) in [5.41, 5.74) is 18.1. The fraction of sp³-hybridized carbons (Fsp3) is 0.0357. The molecule has 2 heteroatoms. The maximum absolute atomic E-state index is 2.43. The lowest BCUT2D eigenvalue weighted by Crippen LogP contribution is -2.22. The van der Waals surface area contributed by atoms with Crippen molar-refractivity contribution in [3.63, 3.8) is 0 Å². The maximum atomic E-state index is 2.43. The van der Waals surface area contributed by atoms with Crippen LogP contribution in [-0.4, -0.2) is 4.57 Å². The SMILES string of the molecule is CC1(c2ccccc2)c2ccccc2-c2c(-c3ccc(N(c4ccc(-c5ccccc5)cc4)c4cccc5c4c4ccccc4n5-c4ccccc4)cc3)cccc21. The van der Waals surface area contributed by atoms with E-state index in [0.29, 0.717) is 0 Å². The van der Waals surface area contributed by atoms with Crippen LogP contribution in [0.3, 0.4) is 0 Å². The molecule has 1 aromatic heterocycles. The normalized spacial score (nSPS) is 14.4. The molecule has 0 saturated carbocycles. The van der Waals surface area contributed by atoms with E-state index < -0.39 is 0 Å². The first-order valence-corrected chi connectivity index (χ1v) is 20.1. The molecule has 2 nitrogen and oxygen atoms in total. The fourth-order valence-electron chi connectivity index (χ4n) is 9.56. The average Bonchev–Trinajstić information content (AvgIpc) is 3.78. The van der Waals surface area contributed by atoms with E-state index >= 15 is 0 Å². The van der Waals surface area contributed by atoms with E-state index in [9.17, 15) is 0 Å². The molecule has 0 radical (unpaired) electrons. The third-order valence-electron chi connectivity index (χ3n) is 12.3. The molecule has 10 aromatic rings. The average molecular weight is 741 g/mol. The standard InChI is InChI=1S/C56H40N2/c1-56(42-19-7-3-8-20-42)49-26-13-11-23-47(49)54-46(25-15-27-50(54)56)41-33-37-45(38-34-41)57(44-35-31-40(32-36-44)39-17-5-2-6-18-39)52-29-16-30-53-55(52)48-24-12-14-28-51(48)58(53)43-21-9-4-10-22-43/h2-38H,1H3. The summed E-state index contributed by atoms with van der Waals surface area (Å²) in [6.45, 7) is 2.39. The molecule has 274 valence electrons. The summed E-state index contributed by atoms with van der Waals surface area (Å²) in [5.74, 6) is 0. The van der Waals surface area contributed by atoms with Crippen LogP contribution in [0.15, 0.2) is 224 Å². The van der Waals surface area contributed by atoms with Crippen LogP contribution >= 0.6 is 0 Å². The molecule has 0 spiro atoms. The summed E-state index contributed by atoms with van der Waals surface area (Å²) in [4.78, 5) is 2.43. The van der Waals surface area contributed by atoms with E-state index in [1.807, 2.05) is 0 Å². The van der Waals surface area contributed by atoms with Crippen LogP contribution in [0.5, 0.6) is 0 Å². The number of nitrogens with zero attached hydrogens (tertiary/aromatic N) is 2. The second-order valence-corrected chi connectivity index (χ2v) is 15.4. The van der Waals surface area contributed by atoms with Gasteiger partial charge in [0, 0.05) is 33.2 Å². The fourth-order valence-corrected chi connectivity index (χ4v) is 9.56.